The largest absolute Gasteiger partial charge is 0.481 e. The lowest BCUT2D eigenvalue weighted by Gasteiger charge is -2.25. The summed E-state index contributed by atoms with van der Waals surface area (Å²) in [6.07, 6.45) is 8.17. The van der Waals surface area contributed by atoms with Gasteiger partial charge in [0.05, 0.1) is 6.54 Å². The van der Waals surface area contributed by atoms with Crippen LogP contribution in [0, 0.1) is 0 Å². The highest BCUT2D eigenvalue weighted by molar-refractivity contribution is 5.66. The van der Waals surface area contributed by atoms with E-state index >= 15 is 0 Å². The lowest BCUT2D eigenvalue weighted by Crippen LogP contribution is -2.78. The Kier molecular flexibility index (Phi) is 8.76. The molecule has 0 saturated carbocycles. The van der Waals surface area contributed by atoms with Crippen molar-refractivity contribution in [3.05, 3.63) is 72.4 Å². The third-order valence-electron chi connectivity index (χ3n) is 4.92. The van der Waals surface area contributed by atoms with Crippen molar-refractivity contribution in [2.75, 3.05) is 11.9 Å². The van der Waals surface area contributed by atoms with Crippen molar-refractivity contribution < 1.29 is 15.2 Å². The summed E-state index contributed by atoms with van der Waals surface area (Å²) in [5.74, 6) is -0.703. The molecule has 0 aliphatic rings. The molecule has 0 fully saturated rings. The monoisotopic (exact) mass is 381 g/mol. The minimum Gasteiger partial charge on any atom is -0.481 e. The Morgan fingerprint density at radius 1 is 1.04 bits per heavy atom. The SMILES string of the molecule is CC(C)(C/C=C/Nc1ccccc1)c1ccccc1[NH2+]CCCCCC(=O)O. The number of benzene rings is 2. The van der Waals surface area contributed by atoms with E-state index in [-0.39, 0.29) is 11.8 Å². The number of quaternary nitrogens is 1. The van der Waals surface area contributed by atoms with E-state index in [0.29, 0.717) is 0 Å². The number of hydrogen-bond donors (Lipinski definition) is 3. The number of carbonyl (C=O) groups is 1. The van der Waals surface area contributed by atoms with Gasteiger partial charge in [0, 0.05) is 17.7 Å². The number of allylic oxidation sites excluding steroid dienone is 1. The Balaban J connectivity index is 1.87. The number of aliphatic carboxylic acids is 1. The fourth-order valence-corrected chi connectivity index (χ4v) is 3.30. The van der Waals surface area contributed by atoms with E-state index in [1.807, 2.05) is 24.4 Å². The zero-order valence-corrected chi connectivity index (χ0v) is 17.0. The number of nitrogens with one attached hydrogen (secondary N) is 1. The molecule has 150 valence electrons. The first kappa shape index (κ1) is 21.7. The van der Waals surface area contributed by atoms with Gasteiger partial charge in [-0.3, -0.25) is 4.79 Å². The van der Waals surface area contributed by atoms with Gasteiger partial charge in [0.2, 0.25) is 0 Å². The van der Waals surface area contributed by atoms with Crippen LogP contribution in [0.5, 0.6) is 0 Å². The average molecular weight is 382 g/mol. The van der Waals surface area contributed by atoms with Crippen LogP contribution in [0.1, 0.15) is 51.5 Å². The van der Waals surface area contributed by atoms with E-state index in [1.165, 1.54) is 11.3 Å². The van der Waals surface area contributed by atoms with E-state index in [0.717, 1.165) is 37.9 Å². The molecule has 0 spiro atoms. The number of hydrogen-bond acceptors (Lipinski definition) is 2. The maximum absolute atomic E-state index is 10.6. The van der Waals surface area contributed by atoms with Crippen LogP contribution < -0.4 is 10.6 Å². The first-order chi connectivity index (χ1) is 13.5. The fourth-order valence-electron chi connectivity index (χ4n) is 3.30. The third kappa shape index (κ3) is 7.57. The third-order valence-corrected chi connectivity index (χ3v) is 4.92. The molecule has 2 aromatic carbocycles. The first-order valence-electron chi connectivity index (χ1n) is 10.1. The van der Waals surface area contributed by atoms with Crippen LogP contribution in [0.3, 0.4) is 0 Å². The molecule has 0 aromatic heterocycles. The molecule has 0 saturated heterocycles. The van der Waals surface area contributed by atoms with Gasteiger partial charge in [-0.1, -0.05) is 56.3 Å². The molecule has 28 heavy (non-hydrogen) atoms. The van der Waals surface area contributed by atoms with Gasteiger partial charge < -0.3 is 15.7 Å². The average Bonchev–Trinajstić information content (AvgIpc) is 2.69. The summed E-state index contributed by atoms with van der Waals surface area (Å²) >= 11 is 0. The lowest BCUT2D eigenvalue weighted by molar-refractivity contribution is -0.572. The Morgan fingerprint density at radius 3 is 2.50 bits per heavy atom. The van der Waals surface area contributed by atoms with Gasteiger partial charge in [-0.25, -0.2) is 0 Å². The minimum absolute atomic E-state index is 0.0330. The summed E-state index contributed by atoms with van der Waals surface area (Å²) < 4.78 is 0. The summed E-state index contributed by atoms with van der Waals surface area (Å²) in [7, 11) is 0. The molecule has 0 atom stereocenters. The molecule has 2 aromatic rings. The van der Waals surface area contributed by atoms with Gasteiger partial charge in [0.15, 0.2) is 0 Å². The molecular formula is C24H33N2O2+. The summed E-state index contributed by atoms with van der Waals surface area (Å²) in [5, 5.41) is 14.3. The van der Waals surface area contributed by atoms with E-state index in [2.05, 4.69) is 67.0 Å². The maximum atomic E-state index is 10.6. The van der Waals surface area contributed by atoms with Crippen molar-refractivity contribution in [2.45, 2.75) is 51.4 Å². The molecular weight excluding hydrogens is 348 g/mol. The molecule has 0 bridgehead atoms. The zero-order valence-electron chi connectivity index (χ0n) is 17.0. The van der Waals surface area contributed by atoms with Crippen molar-refractivity contribution in [2.24, 2.45) is 0 Å². The summed E-state index contributed by atoms with van der Waals surface area (Å²) in [6.45, 7) is 5.54. The van der Waals surface area contributed by atoms with Crippen LogP contribution in [0.15, 0.2) is 66.9 Å². The maximum Gasteiger partial charge on any atom is 0.303 e. The summed E-state index contributed by atoms with van der Waals surface area (Å²) in [5.41, 5.74) is 3.76. The molecule has 4 nitrogen and oxygen atoms in total. The summed E-state index contributed by atoms with van der Waals surface area (Å²) in [4.78, 5) is 10.6. The van der Waals surface area contributed by atoms with Crippen molar-refractivity contribution in [1.29, 1.82) is 0 Å². The van der Waals surface area contributed by atoms with Crippen molar-refractivity contribution >= 4 is 17.3 Å². The van der Waals surface area contributed by atoms with Gasteiger partial charge in [-0.15, -0.1) is 0 Å². The molecule has 0 aliphatic heterocycles. The molecule has 4 N–H and O–H groups in total. The van der Waals surface area contributed by atoms with Crippen LogP contribution in [0.2, 0.25) is 0 Å². The van der Waals surface area contributed by atoms with Gasteiger partial charge in [0.1, 0.15) is 5.69 Å². The topological polar surface area (TPSA) is 65.9 Å². The van der Waals surface area contributed by atoms with Crippen molar-refractivity contribution in [3.8, 4) is 0 Å². The van der Waals surface area contributed by atoms with E-state index < -0.39 is 5.97 Å². The van der Waals surface area contributed by atoms with Crippen LogP contribution in [0.25, 0.3) is 0 Å². The zero-order chi connectivity index (χ0) is 20.2. The predicted molar refractivity (Wildman–Crippen MR) is 116 cm³/mol. The molecule has 0 unspecified atom stereocenters. The molecule has 2 rings (SSSR count). The van der Waals surface area contributed by atoms with E-state index in [4.69, 9.17) is 5.11 Å². The Morgan fingerprint density at radius 2 is 1.75 bits per heavy atom. The molecule has 0 heterocycles. The molecule has 0 radical (unpaired) electrons. The second-order valence-corrected chi connectivity index (χ2v) is 7.79. The number of unbranched alkanes of at least 4 members (excludes halogenated alkanes) is 2. The highest BCUT2D eigenvalue weighted by Gasteiger charge is 2.24. The Bertz CT molecular complexity index is 754. The summed E-state index contributed by atoms with van der Waals surface area (Å²) in [6, 6.07) is 18.7. The fraction of sp³-hybridized carbons (Fsp3) is 0.375. The standard InChI is InChI=1S/C24H32N2O2/c1-24(2,17-11-19-25-20-12-5-3-6-13-20)21-14-8-9-15-22(21)26-18-10-4-7-16-23(27)28/h3,5-6,8-9,11-15,19,25-26H,4,7,10,16-18H2,1-2H3,(H,27,28)/p+1/b19-11+. The number of para-hydroxylation sites is 2. The lowest BCUT2D eigenvalue weighted by atomic mass is 9.80. The quantitative estimate of drug-likeness (QED) is 0.365. The second kappa shape index (κ2) is 11.3. The van der Waals surface area contributed by atoms with Crippen LogP contribution in [-0.4, -0.2) is 17.6 Å². The predicted octanol–water partition coefficient (Wildman–Crippen LogP) is 4.82. The molecule has 0 amide bonds. The van der Waals surface area contributed by atoms with Gasteiger partial charge in [-0.2, -0.15) is 0 Å². The number of rotatable bonds is 12. The van der Waals surface area contributed by atoms with Crippen LogP contribution >= 0.6 is 0 Å². The molecule has 4 heteroatoms. The molecule has 0 aliphatic carbocycles. The highest BCUT2D eigenvalue weighted by atomic mass is 16.4. The Hall–Kier alpha value is -2.59. The van der Waals surface area contributed by atoms with Crippen LogP contribution in [-0.2, 0) is 10.2 Å². The number of carboxylic acids is 1. The van der Waals surface area contributed by atoms with E-state index in [1.54, 1.807) is 0 Å². The van der Waals surface area contributed by atoms with Crippen molar-refractivity contribution in [3.63, 3.8) is 0 Å². The second-order valence-electron chi connectivity index (χ2n) is 7.79. The van der Waals surface area contributed by atoms with Gasteiger partial charge in [0.25, 0.3) is 0 Å². The minimum atomic E-state index is -0.703. The van der Waals surface area contributed by atoms with Crippen LogP contribution in [0.4, 0.5) is 11.4 Å². The smallest absolute Gasteiger partial charge is 0.303 e. The normalized spacial score (nSPS) is 11.6. The van der Waals surface area contributed by atoms with Gasteiger partial charge >= 0.3 is 5.97 Å². The Labute approximate surface area is 168 Å². The van der Waals surface area contributed by atoms with E-state index in [9.17, 15) is 4.79 Å². The van der Waals surface area contributed by atoms with Crippen molar-refractivity contribution in [1.82, 2.24) is 0 Å². The number of nitrogens with two attached hydrogens (primary N) is 1. The number of anilines is 1. The first-order valence-corrected chi connectivity index (χ1v) is 10.1. The number of carboxylic acid groups (broad SMARTS) is 1. The highest BCUT2D eigenvalue weighted by Crippen LogP contribution is 2.31. The van der Waals surface area contributed by atoms with Gasteiger partial charge in [-0.05, 0) is 55.5 Å².